The maximum Gasteiger partial charge on any atom is 0.310 e. The van der Waals surface area contributed by atoms with Crippen LogP contribution in [0.1, 0.15) is 62.2 Å². The van der Waals surface area contributed by atoms with Crippen molar-refractivity contribution < 1.29 is 23.9 Å². The van der Waals surface area contributed by atoms with Gasteiger partial charge in [-0.2, -0.15) is 0 Å². The van der Waals surface area contributed by atoms with Gasteiger partial charge in [0.05, 0.1) is 19.1 Å². The fraction of sp³-hybridized carbons (Fsp3) is 0.625. The van der Waals surface area contributed by atoms with Gasteiger partial charge in [0.1, 0.15) is 11.8 Å². The van der Waals surface area contributed by atoms with Crippen LogP contribution in [0.2, 0.25) is 5.02 Å². The van der Waals surface area contributed by atoms with E-state index in [4.69, 9.17) is 21.1 Å². The maximum atomic E-state index is 13.7. The molecule has 3 aliphatic rings. The van der Waals surface area contributed by atoms with Crippen molar-refractivity contribution in [2.24, 2.45) is 5.92 Å². The van der Waals surface area contributed by atoms with Gasteiger partial charge in [0.15, 0.2) is 0 Å². The van der Waals surface area contributed by atoms with Gasteiger partial charge >= 0.3 is 5.97 Å². The Hall–Kier alpha value is -2.12. The van der Waals surface area contributed by atoms with Crippen molar-refractivity contribution in [3.63, 3.8) is 0 Å². The molecule has 2 amide bonds. The van der Waals surface area contributed by atoms with Crippen LogP contribution in [-0.4, -0.2) is 65.7 Å². The average molecular weight is 463 g/mol. The van der Waals surface area contributed by atoms with Gasteiger partial charge in [-0.3, -0.25) is 19.3 Å². The Kier molecular flexibility index (Phi) is 7.05. The quantitative estimate of drug-likeness (QED) is 0.638. The van der Waals surface area contributed by atoms with Crippen molar-refractivity contribution in [3.05, 3.63) is 34.9 Å². The number of hydrogen-bond donors (Lipinski definition) is 0. The highest BCUT2D eigenvalue weighted by molar-refractivity contribution is 6.31. The summed E-state index contributed by atoms with van der Waals surface area (Å²) in [5, 5.41) is 0.477. The number of ether oxygens (including phenoxy) is 2. The first-order valence-electron chi connectivity index (χ1n) is 11.6. The third-order valence-electron chi connectivity index (χ3n) is 6.82. The highest BCUT2D eigenvalue weighted by Gasteiger charge is 2.54. The molecule has 0 unspecified atom stereocenters. The number of amides is 2. The number of benzene rings is 1. The van der Waals surface area contributed by atoms with Crippen LogP contribution < -0.4 is 0 Å². The van der Waals surface area contributed by atoms with Crippen LogP contribution in [0.3, 0.4) is 0 Å². The van der Waals surface area contributed by atoms with Gasteiger partial charge in [-0.05, 0) is 63.6 Å². The minimum absolute atomic E-state index is 0.156. The lowest BCUT2D eigenvalue weighted by Crippen LogP contribution is -2.58. The minimum atomic E-state index is -0.756. The van der Waals surface area contributed by atoms with Crippen LogP contribution in [0.25, 0.3) is 0 Å². The lowest BCUT2D eigenvalue weighted by molar-refractivity contribution is -0.152. The van der Waals surface area contributed by atoms with E-state index >= 15 is 0 Å². The monoisotopic (exact) mass is 462 g/mol. The summed E-state index contributed by atoms with van der Waals surface area (Å²) in [5.74, 6) is -0.972. The highest BCUT2D eigenvalue weighted by Crippen LogP contribution is 2.42. The lowest BCUT2D eigenvalue weighted by Gasteiger charge is -2.42. The van der Waals surface area contributed by atoms with Crippen LogP contribution in [0.5, 0.6) is 0 Å². The number of carbonyl (C=O) groups excluding carboxylic acids is 3. The van der Waals surface area contributed by atoms with Crippen molar-refractivity contribution in [1.29, 1.82) is 0 Å². The van der Waals surface area contributed by atoms with E-state index in [0.29, 0.717) is 49.5 Å². The van der Waals surface area contributed by atoms with E-state index in [0.717, 1.165) is 25.7 Å². The van der Waals surface area contributed by atoms with E-state index < -0.39 is 11.8 Å². The van der Waals surface area contributed by atoms with Gasteiger partial charge in [0, 0.05) is 23.7 Å². The van der Waals surface area contributed by atoms with E-state index in [1.165, 1.54) is 0 Å². The van der Waals surface area contributed by atoms with E-state index in [1.807, 2.05) is 0 Å². The van der Waals surface area contributed by atoms with Crippen molar-refractivity contribution >= 4 is 29.4 Å². The SMILES string of the molecule is CCOC(=O)[C@@H]1CCCN(C(=O)[C@@H]2COC3(CCCCC3)N2C(=O)c2cccc(Cl)c2)C1. The fourth-order valence-electron chi connectivity index (χ4n) is 5.26. The molecule has 8 heteroatoms. The molecule has 0 N–H and O–H groups in total. The van der Waals surface area contributed by atoms with Crippen molar-refractivity contribution in [3.8, 4) is 0 Å². The molecule has 1 aromatic rings. The summed E-state index contributed by atoms with van der Waals surface area (Å²) in [4.78, 5) is 42.9. The summed E-state index contributed by atoms with van der Waals surface area (Å²) in [6.45, 7) is 3.16. The first kappa shape index (κ1) is 23.1. The van der Waals surface area contributed by atoms with Gasteiger partial charge < -0.3 is 14.4 Å². The Morgan fingerprint density at radius 1 is 1.19 bits per heavy atom. The molecule has 1 aromatic carbocycles. The minimum Gasteiger partial charge on any atom is -0.466 e. The fourth-order valence-corrected chi connectivity index (χ4v) is 5.45. The second-order valence-electron chi connectivity index (χ2n) is 8.89. The first-order valence-corrected chi connectivity index (χ1v) is 12.0. The Bertz CT molecular complexity index is 870. The normalized spacial score (nSPS) is 25.1. The molecule has 3 fully saturated rings. The Balaban J connectivity index is 1.59. The summed E-state index contributed by atoms with van der Waals surface area (Å²) < 4.78 is 11.4. The van der Waals surface area contributed by atoms with Gasteiger partial charge in [-0.25, -0.2) is 0 Å². The Morgan fingerprint density at radius 2 is 1.97 bits per heavy atom. The number of carbonyl (C=O) groups is 3. The summed E-state index contributed by atoms with van der Waals surface area (Å²) >= 11 is 6.14. The summed E-state index contributed by atoms with van der Waals surface area (Å²) in [6, 6.07) is 6.12. The number of likely N-dealkylation sites (tertiary alicyclic amines) is 1. The van der Waals surface area contributed by atoms with Crippen molar-refractivity contribution in [2.75, 3.05) is 26.3 Å². The topological polar surface area (TPSA) is 76.2 Å². The Labute approximate surface area is 194 Å². The van der Waals surface area contributed by atoms with Gasteiger partial charge in [0.2, 0.25) is 5.91 Å². The molecule has 1 saturated carbocycles. The van der Waals surface area contributed by atoms with E-state index in [9.17, 15) is 14.4 Å². The van der Waals surface area contributed by atoms with E-state index in [2.05, 4.69) is 0 Å². The molecule has 1 aliphatic carbocycles. The number of esters is 1. The molecule has 0 aromatic heterocycles. The van der Waals surface area contributed by atoms with E-state index in [1.54, 1.807) is 41.0 Å². The zero-order chi connectivity index (χ0) is 22.7. The summed E-state index contributed by atoms with van der Waals surface area (Å²) in [5.41, 5.74) is -0.303. The first-order chi connectivity index (χ1) is 15.4. The molecule has 0 radical (unpaired) electrons. The third kappa shape index (κ3) is 4.50. The number of rotatable bonds is 4. The standard InChI is InChI=1S/C24H31ClN2O5/c1-2-31-23(30)18-9-7-13-26(15-18)22(29)20-16-32-24(11-4-3-5-12-24)27(20)21(28)17-8-6-10-19(25)14-17/h6,8,10,14,18,20H,2-5,7,9,11-13,15-16H2,1H3/t18-,20+/m1/s1. The van der Waals surface area contributed by atoms with Crippen LogP contribution in [0.4, 0.5) is 0 Å². The van der Waals surface area contributed by atoms with Crippen molar-refractivity contribution in [2.45, 2.75) is 63.6 Å². The number of halogens is 1. The molecule has 1 spiro atoms. The maximum absolute atomic E-state index is 13.7. The van der Waals surface area contributed by atoms with Crippen LogP contribution in [0.15, 0.2) is 24.3 Å². The van der Waals surface area contributed by atoms with Gasteiger partial charge in [0.25, 0.3) is 5.91 Å². The molecule has 2 heterocycles. The van der Waals surface area contributed by atoms with Crippen LogP contribution >= 0.6 is 11.6 Å². The molecule has 4 rings (SSSR count). The zero-order valence-electron chi connectivity index (χ0n) is 18.6. The van der Waals surface area contributed by atoms with Crippen LogP contribution in [0, 0.1) is 5.92 Å². The highest BCUT2D eigenvalue weighted by atomic mass is 35.5. The second kappa shape index (κ2) is 9.79. The number of piperidine rings is 1. The van der Waals surface area contributed by atoms with E-state index in [-0.39, 0.29) is 30.3 Å². The Morgan fingerprint density at radius 3 is 2.69 bits per heavy atom. The largest absolute Gasteiger partial charge is 0.466 e. The number of hydrogen-bond acceptors (Lipinski definition) is 5. The van der Waals surface area contributed by atoms with Gasteiger partial charge in [-0.15, -0.1) is 0 Å². The molecule has 2 aliphatic heterocycles. The molecule has 174 valence electrons. The number of nitrogens with zero attached hydrogens (tertiary/aromatic N) is 2. The molecule has 2 saturated heterocycles. The van der Waals surface area contributed by atoms with Crippen LogP contribution in [-0.2, 0) is 19.1 Å². The second-order valence-corrected chi connectivity index (χ2v) is 9.33. The summed E-state index contributed by atoms with van der Waals surface area (Å²) in [6.07, 6.45) is 5.87. The van der Waals surface area contributed by atoms with Gasteiger partial charge in [-0.1, -0.05) is 24.1 Å². The smallest absolute Gasteiger partial charge is 0.310 e. The third-order valence-corrected chi connectivity index (χ3v) is 7.06. The molecular formula is C24H31ClN2O5. The molecule has 2 atom stereocenters. The predicted molar refractivity (Wildman–Crippen MR) is 119 cm³/mol. The molecule has 7 nitrogen and oxygen atoms in total. The molecule has 0 bridgehead atoms. The average Bonchev–Trinajstić information content (AvgIpc) is 3.16. The molecule has 32 heavy (non-hydrogen) atoms. The zero-order valence-corrected chi connectivity index (χ0v) is 19.3. The predicted octanol–water partition coefficient (Wildman–Crippen LogP) is 3.64. The van der Waals surface area contributed by atoms with Crippen molar-refractivity contribution in [1.82, 2.24) is 9.80 Å². The summed E-state index contributed by atoms with van der Waals surface area (Å²) in [7, 11) is 0. The lowest BCUT2D eigenvalue weighted by atomic mass is 9.89. The molecular weight excluding hydrogens is 432 g/mol.